The highest BCUT2D eigenvalue weighted by Crippen LogP contribution is 2.77. The molecule has 5 fully saturated rings. The fraction of sp³-hybridized carbons (Fsp3) is 0.778. The smallest absolute Gasteiger partial charge is 0.165 e. The van der Waals surface area contributed by atoms with Gasteiger partial charge in [0.2, 0.25) is 0 Å². The average molecular weight is 458 g/mol. The van der Waals surface area contributed by atoms with Crippen molar-refractivity contribution in [2.45, 2.75) is 87.6 Å². The van der Waals surface area contributed by atoms with Crippen LogP contribution in [-0.4, -0.2) is 64.8 Å². The number of likely N-dealkylation sites (tertiary alicyclic amines) is 1. The maximum Gasteiger partial charge on any atom is 0.165 e. The SMILES string of the molecule is CC(C)(O)[C@H]1C[C@@]23CC[C@]1(OCCF)C1Oc4c(O)ccc5c4[C@]12CCN(CC1CC1)C3C5. The third-order valence-electron chi connectivity index (χ3n) is 10.6. The monoisotopic (exact) mass is 457 g/mol. The molecule has 0 amide bonds. The van der Waals surface area contributed by atoms with E-state index in [0.717, 1.165) is 44.6 Å². The van der Waals surface area contributed by atoms with E-state index in [1.807, 2.05) is 13.8 Å². The van der Waals surface area contributed by atoms with Crippen LogP contribution in [-0.2, 0) is 16.6 Å². The molecule has 1 saturated heterocycles. The van der Waals surface area contributed by atoms with Gasteiger partial charge < -0.3 is 19.7 Å². The number of halogens is 1. The summed E-state index contributed by atoms with van der Waals surface area (Å²) in [7, 11) is 0. The van der Waals surface area contributed by atoms with Gasteiger partial charge in [0.25, 0.3) is 0 Å². The Morgan fingerprint density at radius 3 is 2.79 bits per heavy atom. The van der Waals surface area contributed by atoms with E-state index in [-0.39, 0.29) is 35.2 Å². The molecule has 0 radical (unpaired) electrons. The van der Waals surface area contributed by atoms with Gasteiger partial charge in [0.05, 0.1) is 12.2 Å². The van der Waals surface area contributed by atoms with E-state index < -0.39 is 17.9 Å². The average Bonchev–Trinajstić information content (AvgIpc) is 3.52. The normalized spacial score (nSPS) is 42.8. The van der Waals surface area contributed by atoms with E-state index in [9.17, 15) is 14.6 Å². The first-order valence-electron chi connectivity index (χ1n) is 13.0. The Labute approximate surface area is 195 Å². The van der Waals surface area contributed by atoms with Crippen molar-refractivity contribution in [2.75, 3.05) is 26.4 Å². The van der Waals surface area contributed by atoms with Crippen LogP contribution in [0.15, 0.2) is 12.1 Å². The van der Waals surface area contributed by atoms with E-state index in [2.05, 4.69) is 11.0 Å². The largest absolute Gasteiger partial charge is 0.504 e. The fourth-order valence-corrected chi connectivity index (χ4v) is 9.36. The Bertz CT molecular complexity index is 1000. The van der Waals surface area contributed by atoms with E-state index in [1.54, 1.807) is 6.07 Å². The lowest BCUT2D eigenvalue weighted by atomic mass is 9.34. The van der Waals surface area contributed by atoms with Crippen molar-refractivity contribution in [1.29, 1.82) is 0 Å². The predicted octanol–water partition coefficient (Wildman–Crippen LogP) is 3.73. The predicted molar refractivity (Wildman–Crippen MR) is 121 cm³/mol. The van der Waals surface area contributed by atoms with E-state index in [4.69, 9.17) is 9.47 Å². The van der Waals surface area contributed by atoms with Crippen LogP contribution in [0.2, 0.25) is 0 Å². The molecule has 8 rings (SSSR count). The van der Waals surface area contributed by atoms with Gasteiger partial charge in [-0.1, -0.05) is 6.07 Å². The lowest BCUT2D eigenvalue weighted by molar-refractivity contribution is -0.307. The quantitative estimate of drug-likeness (QED) is 0.682. The molecule has 7 aliphatic rings. The Kier molecular flexibility index (Phi) is 4.09. The molecular formula is C27H36FNO4. The molecular weight excluding hydrogens is 421 g/mol. The van der Waals surface area contributed by atoms with Gasteiger partial charge in [-0.15, -0.1) is 0 Å². The maximum atomic E-state index is 13.5. The van der Waals surface area contributed by atoms with Crippen molar-refractivity contribution < 1.29 is 24.1 Å². The van der Waals surface area contributed by atoms with Crippen LogP contribution >= 0.6 is 0 Å². The van der Waals surface area contributed by atoms with Gasteiger partial charge in [-0.2, -0.15) is 0 Å². The number of nitrogens with zero attached hydrogens (tertiary/aromatic N) is 1. The van der Waals surface area contributed by atoms with Gasteiger partial charge in [-0.25, -0.2) is 4.39 Å². The Balaban J connectivity index is 1.46. The Morgan fingerprint density at radius 1 is 1.24 bits per heavy atom. The fourth-order valence-electron chi connectivity index (χ4n) is 9.36. The van der Waals surface area contributed by atoms with Crippen LogP contribution in [0.4, 0.5) is 4.39 Å². The summed E-state index contributed by atoms with van der Waals surface area (Å²) in [5, 5.41) is 22.3. The minimum atomic E-state index is -0.971. The van der Waals surface area contributed by atoms with Crippen molar-refractivity contribution in [1.82, 2.24) is 4.90 Å². The number of phenolic OH excluding ortho intramolecular Hbond substituents is 1. The number of hydrogen-bond acceptors (Lipinski definition) is 5. The minimum Gasteiger partial charge on any atom is -0.504 e. The van der Waals surface area contributed by atoms with E-state index in [0.29, 0.717) is 11.8 Å². The standard InChI is InChI=1S/C27H36FNO4/c1-24(2,31)19-14-25-7-8-27(19,32-12-10-28)23-26(25)9-11-29(15-16-3-4-16)20(25)13-17-5-6-18(30)22(33-23)21(17)26/h5-6,16,19-20,23,30-31H,3-4,7-15H2,1-2H3/t19-,20?,23?,25-,26-,27-/m1/s1. The lowest BCUT2D eigenvalue weighted by Crippen LogP contribution is -2.82. The highest BCUT2D eigenvalue weighted by Gasteiger charge is 2.81. The van der Waals surface area contributed by atoms with Crippen LogP contribution in [0.3, 0.4) is 0 Å². The number of ether oxygens (including phenoxy) is 2. The van der Waals surface area contributed by atoms with Crippen molar-refractivity contribution in [2.24, 2.45) is 17.3 Å². The lowest BCUT2D eigenvalue weighted by Gasteiger charge is -2.75. The first kappa shape index (κ1) is 21.0. The topological polar surface area (TPSA) is 62.2 Å². The summed E-state index contributed by atoms with van der Waals surface area (Å²) in [6.07, 6.45) is 6.97. The van der Waals surface area contributed by atoms with Gasteiger partial charge in [0, 0.05) is 34.9 Å². The molecule has 2 heterocycles. The van der Waals surface area contributed by atoms with Gasteiger partial charge in [0.1, 0.15) is 18.4 Å². The van der Waals surface area contributed by atoms with Gasteiger partial charge in [-0.05, 0) is 82.9 Å². The van der Waals surface area contributed by atoms with Crippen molar-refractivity contribution >= 4 is 0 Å². The molecule has 4 saturated carbocycles. The zero-order chi connectivity index (χ0) is 22.8. The van der Waals surface area contributed by atoms with E-state index >= 15 is 0 Å². The number of fused-ring (bicyclic) bond motifs is 2. The first-order valence-corrected chi connectivity index (χ1v) is 13.0. The van der Waals surface area contributed by atoms with Crippen LogP contribution in [0.25, 0.3) is 0 Å². The van der Waals surface area contributed by atoms with Crippen molar-refractivity contribution in [3.63, 3.8) is 0 Å². The molecule has 2 N–H and O–H groups in total. The van der Waals surface area contributed by atoms with Crippen LogP contribution in [0.5, 0.6) is 11.5 Å². The first-order chi connectivity index (χ1) is 15.8. The summed E-state index contributed by atoms with van der Waals surface area (Å²) in [5.74, 6) is 1.51. The van der Waals surface area contributed by atoms with Gasteiger partial charge in [-0.3, -0.25) is 4.90 Å². The number of rotatable bonds is 6. The number of piperidine rings is 1. The van der Waals surface area contributed by atoms with Crippen LogP contribution in [0.1, 0.15) is 63.5 Å². The molecule has 180 valence electrons. The number of hydrogen-bond donors (Lipinski definition) is 2. The van der Waals surface area contributed by atoms with Gasteiger partial charge in [0.15, 0.2) is 11.5 Å². The number of aromatic hydroxyl groups is 1. The molecule has 5 aliphatic carbocycles. The molecule has 33 heavy (non-hydrogen) atoms. The van der Waals surface area contributed by atoms with Crippen LogP contribution < -0.4 is 4.74 Å². The maximum absolute atomic E-state index is 13.5. The molecule has 2 spiro atoms. The molecule has 0 aromatic heterocycles. The Morgan fingerprint density at radius 2 is 2.06 bits per heavy atom. The number of phenols is 1. The molecule has 4 bridgehead atoms. The molecule has 1 aromatic carbocycles. The van der Waals surface area contributed by atoms with Crippen LogP contribution in [0, 0.1) is 17.3 Å². The second-order valence-corrected chi connectivity index (χ2v) is 12.4. The summed E-state index contributed by atoms with van der Waals surface area (Å²) < 4.78 is 26.7. The summed E-state index contributed by atoms with van der Waals surface area (Å²) in [4.78, 5) is 2.76. The molecule has 6 heteroatoms. The van der Waals surface area contributed by atoms with Crippen molar-refractivity contribution in [3.05, 3.63) is 23.3 Å². The molecule has 2 unspecified atom stereocenters. The number of aliphatic hydroxyl groups is 1. The molecule has 2 aliphatic heterocycles. The molecule has 6 atom stereocenters. The number of benzene rings is 1. The number of alkyl halides is 1. The third kappa shape index (κ3) is 2.38. The van der Waals surface area contributed by atoms with Gasteiger partial charge >= 0.3 is 0 Å². The summed E-state index contributed by atoms with van der Waals surface area (Å²) in [6.45, 7) is 5.44. The molecule has 5 nitrogen and oxygen atoms in total. The highest BCUT2D eigenvalue weighted by molar-refractivity contribution is 5.63. The zero-order valence-electron chi connectivity index (χ0n) is 19.8. The minimum absolute atomic E-state index is 0.0158. The van der Waals surface area contributed by atoms with E-state index in [1.165, 1.54) is 30.5 Å². The second-order valence-electron chi connectivity index (χ2n) is 12.4. The summed E-state index contributed by atoms with van der Waals surface area (Å²) in [5.41, 5.74) is 0.515. The summed E-state index contributed by atoms with van der Waals surface area (Å²) in [6, 6.07) is 4.30. The molecule has 1 aromatic rings. The third-order valence-corrected chi connectivity index (χ3v) is 10.6. The Hall–Kier alpha value is -1.37. The summed E-state index contributed by atoms with van der Waals surface area (Å²) >= 11 is 0. The second kappa shape index (κ2) is 6.44. The zero-order valence-corrected chi connectivity index (χ0v) is 19.8. The van der Waals surface area contributed by atoms with Crippen molar-refractivity contribution in [3.8, 4) is 11.5 Å². The highest BCUT2D eigenvalue weighted by atomic mass is 19.1.